The number of aliphatic carboxylic acids is 2. The topological polar surface area (TPSA) is 101 Å². The molecule has 1 aliphatic rings. The van der Waals surface area contributed by atoms with Crippen LogP contribution in [-0.4, -0.2) is 46.1 Å². The van der Waals surface area contributed by atoms with E-state index in [4.69, 9.17) is 14.9 Å². The van der Waals surface area contributed by atoms with E-state index in [1.807, 2.05) is 12.1 Å². The molecule has 1 aromatic heterocycles. The number of fused-ring (bicyclic) bond motifs is 1. The monoisotopic (exact) mass is 342 g/mol. The molecule has 25 heavy (non-hydrogen) atoms. The number of nitrogens with zero attached hydrogens (tertiary/aromatic N) is 2. The molecule has 2 N–H and O–H groups in total. The van der Waals surface area contributed by atoms with E-state index in [2.05, 4.69) is 40.0 Å². The van der Waals surface area contributed by atoms with Gasteiger partial charge in [-0.3, -0.25) is 4.99 Å². The zero-order chi connectivity index (χ0) is 18.2. The minimum atomic E-state index is -1.26. The number of benzene rings is 1. The van der Waals surface area contributed by atoms with Crippen molar-refractivity contribution in [3.63, 3.8) is 0 Å². The van der Waals surface area contributed by atoms with Gasteiger partial charge in [-0.15, -0.1) is 0 Å². The Morgan fingerprint density at radius 2 is 1.76 bits per heavy atom. The summed E-state index contributed by atoms with van der Waals surface area (Å²) in [6.45, 7) is 1.82. The van der Waals surface area contributed by atoms with Gasteiger partial charge in [0.1, 0.15) is 5.75 Å². The maximum absolute atomic E-state index is 9.55. The second-order valence-corrected chi connectivity index (χ2v) is 5.06. The summed E-state index contributed by atoms with van der Waals surface area (Å²) in [5, 5.41) is 15.6. The molecule has 0 spiro atoms. The molecule has 0 aliphatic carbocycles. The molecular weight excluding hydrogens is 324 g/mol. The normalized spacial score (nSPS) is 12.6. The van der Waals surface area contributed by atoms with Crippen molar-refractivity contribution in [3.8, 4) is 5.75 Å². The molecule has 0 saturated carbocycles. The van der Waals surface area contributed by atoms with Gasteiger partial charge >= 0.3 is 11.9 Å². The maximum atomic E-state index is 9.55. The second kappa shape index (κ2) is 8.49. The Bertz CT molecular complexity index is 787. The van der Waals surface area contributed by atoms with Crippen LogP contribution in [0.2, 0.25) is 0 Å². The second-order valence-electron chi connectivity index (χ2n) is 5.06. The highest BCUT2D eigenvalue weighted by Gasteiger charge is 2.14. The molecule has 1 aromatic carbocycles. The first kappa shape index (κ1) is 18.0. The Morgan fingerprint density at radius 3 is 2.32 bits per heavy atom. The van der Waals surface area contributed by atoms with Gasteiger partial charge in [0.05, 0.1) is 25.1 Å². The first-order chi connectivity index (χ1) is 12.0. The van der Waals surface area contributed by atoms with Gasteiger partial charge in [0.25, 0.3) is 0 Å². The summed E-state index contributed by atoms with van der Waals surface area (Å²) in [5.74, 6) is -1.64. The quantitative estimate of drug-likeness (QED) is 0.828. The summed E-state index contributed by atoms with van der Waals surface area (Å²) >= 11 is 0. The van der Waals surface area contributed by atoms with Crippen LogP contribution in [0.25, 0.3) is 0 Å². The minimum absolute atomic E-state index is 0.558. The van der Waals surface area contributed by atoms with Crippen LogP contribution in [0.5, 0.6) is 5.75 Å². The molecular formula is C18H18N2O5. The molecule has 1 aliphatic heterocycles. The molecule has 0 bridgehead atoms. The van der Waals surface area contributed by atoms with Gasteiger partial charge in [-0.25, -0.2) is 9.59 Å². The van der Waals surface area contributed by atoms with E-state index >= 15 is 0 Å². The smallest absolute Gasteiger partial charge is 0.328 e. The van der Waals surface area contributed by atoms with Crippen molar-refractivity contribution in [2.24, 2.45) is 4.99 Å². The number of carboxylic acids is 2. The SMILES string of the molecule is COc1ccc(C2=NCCn3cccc32)cc1.O=C(O)/C=C/C(=O)O. The van der Waals surface area contributed by atoms with Gasteiger partial charge in [-0.05, 0) is 36.4 Å². The third-order valence-corrected chi connectivity index (χ3v) is 3.41. The first-order valence-electron chi connectivity index (χ1n) is 7.49. The lowest BCUT2D eigenvalue weighted by Crippen LogP contribution is -2.18. The lowest BCUT2D eigenvalue weighted by atomic mass is 10.1. The lowest BCUT2D eigenvalue weighted by molar-refractivity contribution is -0.134. The van der Waals surface area contributed by atoms with Crippen LogP contribution in [0.1, 0.15) is 11.3 Å². The van der Waals surface area contributed by atoms with Gasteiger partial charge in [0.2, 0.25) is 0 Å². The Morgan fingerprint density at radius 1 is 1.12 bits per heavy atom. The van der Waals surface area contributed by atoms with Gasteiger partial charge in [0, 0.05) is 30.5 Å². The first-order valence-corrected chi connectivity index (χ1v) is 7.49. The highest BCUT2D eigenvalue weighted by Crippen LogP contribution is 2.18. The molecule has 0 atom stereocenters. The van der Waals surface area contributed by atoms with Crippen LogP contribution < -0.4 is 4.74 Å². The zero-order valence-corrected chi connectivity index (χ0v) is 13.6. The largest absolute Gasteiger partial charge is 0.497 e. The van der Waals surface area contributed by atoms with Gasteiger partial charge in [-0.1, -0.05) is 0 Å². The highest BCUT2D eigenvalue weighted by atomic mass is 16.5. The number of carboxylic acid groups (broad SMARTS) is 2. The predicted molar refractivity (Wildman–Crippen MR) is 92.3 cm³/mol. The van der Waals surface area contributed by atoms with Crippen molar-refractivity contribution in [1.29, 1.82) is 0 Å². The van der Waals surface area contributed by atoms with Crippen LogP contribution in [0.15, 0.2) is 59.7 Å². The molecule has 7 nitrogen and oxygen atoms in total. The average molecular weight is 342 g/mol. The van der Waals surface area contributed by atoms with E-state index in [0.29, 0.717) is 12.2 Å². The number of rotatable bonds is 4. The summed E-state index contributed by atoms with van der Waals surface area (Å²) in [6.07, 6.45) is 3.22. The fourth-order valence-corrected chi connectivity index (χ4v) is 2.31. The Hall–Kier alpha value is -3.35. The average Bonchev–Trinajstić information content (AvgIpc) is 3.09. The number of aliphatic imine (C=N–C) groups is 1. The summed E-state index contributed by atoms with van der Waals surface area (Å²) in [4.78, 5) is 23.7. The zero-order valence-electron chi connectivity index (χ0n) is 13.6. The lowest BCUT2D eigenvalue weighted by Gasteiger charge is -2.16. The third kappa shape index (κ3) is 5.07. The Labute approximate surface area is 144 Å². The number of methoxy groups -OCH3 is 1. The van der Waals surface area contributed by atoms with Crippen molar-refractivity contribution in [2.45, 2.75) is 6.54 Å². The van der Waals surface area contributed by atoms with Crippen LogP contribution >= 0.6 is 0 Å². The fourth-order valence-electron chi connectivity index (χ4n) is 2.31. The number of ether oxygens (including phenoxy) is 1. The number of carbonyl (C=O) groups is 2. The number of hydrogen-bond acceptors (Lipinski definition) is 4. The molecule has 0 saturated heterocycles. The van der Waals surface area contributed by atoms with E-state index in [9.17, 15) is 9.59 Å². The van der Waals surface area contributed by atoms with Crippen LogP contribution in [0.4, 0.5) is 0 Å². The molecule has 2 aromatic rings. The number of hydrogen-bond donors (Lipinski definition) is 2. The van der Waals surface area contributed by atoms with E-state index < -0.39 is 11.9 Å². The molecule has 0 unspecified atom stereocenters. The van der Waals surface area contributed by atoms with E-state index in [-0.39, 0.29) is 0 Å². The molecule has 0 amide bonds. The van der Waals surface area contributed by atoms with Crippen LogP contribution in [-0.2, 0) is 16.1 Å². The molecule has 3 rings (SSSR count). The fraction of sp³-hybridized carbons (Fsp3) is 0.167. The molecule has 7 heteroatoms. The van der Waals surface area contributed by atoms with E-state index in [1.165, 1.54) is 5.69 Å². The Kier molecular flexibility index (Phi) is 6.11. The van der Waals surface area contributed by atoms with Gasteiger partial charge < -0.3 is 19.5 Å². The molecule has 0 fully saturated rings. The van der Waals surface area contributed by atoms with Crippen molar-refractivity contribution >= 4 is 17.7 Å². The highest BCUT2D eigenvalue weighted by molar-refractivity contribution is 6.12. The van der Waals surface area contributed by atoms with Gasteiger partial charge in [-0.2, -0.15) is 0 Å². The summed E-state index contributed by atoms with van der Waals surface area (Å²) < 4.78 is 7.41. The summed E-state index contributed by atoms with van der Waals surface area (Å²) in [5.41, 5.74) is 3.41. The van der Waals surface area contributed by atoms with Gasteiger partial charge in [0.15, 0.2) is 0 Å². The van der Waals surface area contributed by atoms with Crippen molar-refractivity contribution < 1.29 is 24.5 Å². The summed E-state index contributed by atoms with van der Waals surface area (Å²) in [6, 6.07) is 12.2. The van der Waals surface area contributed by atoms with Crippen molar-refractivity contribution in [1.82, 2.24) is 4.57 Å². The molecule has 2 heterocycles. The van der Waals surface area contributed by atoms with E-state index in [0.717, 1.165) is 30.1 Å². The minimum Gasteiger partial charge on any atom is -0.497 e. The molecule has 130 valence electrons. The van der Waals surface area contributed by atoms with Crippen molar-refractivity contribution in [3.05, 3.63) is 66.0 Å². The maximum Gasteiger partial charge on any atom is 0.328 e. The number of aromatic nitrogens is 1. The summed E-state index contributed by atoms with van der Waals surface area (Å²) in [7, 11) is 1.68. The van der Waals surface area contributed by atoms with E-state index in [1.54, 1.807) is 7.11 Å². The third-order valence-electron chi connectivity index (χ3n) is 3.41. The Balaban J connectivity index is 0.000000242. The predicted octanol–water partition coefficient (Wildman–Crippen LogP) is 2.06. The van der Waals surface area contributed by atoms with Crippen LogP contribution in [0.3, 0.4) is 0 Å². The van der Waals surface area contributed by atoms with Crippen LogP contribution in [0, 0.1) is 0 Å². The van der Waals surface area contributed by atoms with Crippen molar-refractivity contribution in [2.75, 3.05) is 13.7 Å². The standard InChI is InChI=1S/C14H14N2O.C4H4O4/c1-17-12-6-4-11(5-7-12)14-13-3-2-9-16(13)10-8-15-14;5-3(6)1-2-4(7)8/h2-7,9H,8,10H2,1H3;1-2H,(H,5,6)(H,7,8)/b;2-1+. The molecule has 0 radical (unpaired) electrons.